The first-order valence-electron chi connectivity index (χ1n) is 5.85. The van der Waals surface area contributed by atoms with Crippen molar-refractivity contribution in [3.8, 4) is 0 Å². The number of anilines is 2. The maximum atomic E-state index is 4.42. The lowest BCUT2D eigenvalue weighted by Crippen LogP contribution is -2.26. The van der Waals surface area contributed by atoms with Crippen LogP contribution in [0.1, 0.15) is 26.5 Å². The fraction of sp³-hybridized carbons (Fsp3) is 0.667. The van der Waals surface area contributed by atoms with E-state index in [1.165, 1.54) is 0 Å². The van der Waals surface area contributed by atoms with Crippen molar-refractivity contribution in [1.82, 2.24) is 9.97 Å². The van der Waals surface area contributed by atoms with Crippen LogP contribution in [0, 0.1) is 6.92 Å². The summed E-state index contributed by atoms with van der Waals surface area (Å²) in [6.45, 7) is 10.2. The molecule has 2 N–H and O–H groups in total. The maximum Gasteiger partial charge on any atom is 0.224 e. The van der Waals surface area contributed by atoms with Gasteiger partial charge in [-0.1, -0.05) is 0 Å². The zero-order valence-corrected chi connectivity index (χ0v) is 12.1. The van der Waals surface area contributed by atoms with Crippen LogP contribution in [-0.4, -0.2) is 34.1 Å². The van der Waals surface area contributed by atoms with E-state index in [0.717, 1.165) is 24.6 Å². The summed E-state index contributed by atoms with van der Waals surface area (Å²) >= 11 is 1.84. The monoisotopic (exact) mass is 254 g/mol. The SMILES string of the molecule is CCNc1nc(C)cc(NCC(C)(C)SC)n1. The third kappa shape index (κ3) is 4.81. The second kappa shape index (κ2) is 6.10. The van der Waals surface area contributed by atoms with Crippen molar-refractivity contribution in [2.24, 2.45) is 0 Å². The Bertz CT molecular complexity index is 366. The van der Waals surface area contributed by atoms with E-state index in [4.69, 9.17) is 0 Å². The molecule has 0 saturated carbocycles. The Kier molecular flexibility index (Phi) is 5.05. The van der Waals surface area contributed by atoms with E-state index in [1.54, 1.807) is 0 Å². The predicted molar refractivity (Wildman–Crippen MR) is 77.0 cm³/mol. The van der Waals surface area contributed by atoms with Gasteiger partial charge in [-0.05, 0) is 34.0 Å². The Morgan fingerprint density at radius 3 is 2.59 bits per heavy atom. The number of nitrogens with zero attached hydrogens (tertiary/aromatic N) is 2. The van der Waals surface area contributed by atoms with Crippen molar-refractivity contribution in [3.05, 3.63) is 11.8 Å². The molecule has 0 saturated heterocycles. The Labute approximate surface area is 108 Å². The van der Waals surface area contributed by atoms with Gasteiger partial charge in [0.25, 0.3) is 0 Å². The Morgan fingerprint density at radius 2 is 2.00 bits per heavy atom. The van der Waals surface area contributed by atoms with Crippen molar-refractivity contribution < 1.29 is 0 Å². The van der Waals surface area contributed by atoms with Gasteiger partial charge in [-0.15, -0.1) is 0 Å². The smallest absolute Gasteiger partial charge is 0.224 e. The van der Waals surface area contributed by atoms with Gasteiger partial charge in [0.15, 0.2) is 0 Å². The molecule has 4 nitrogen and oxygen atoms in total. The molecule has 1 heterocycles. The highest BCUT2D eigenvalue weighted by atomic mass is 32.2. The Balaban J connectivity index is 2.70. The van der Waals surface area contributed by atoms with Gasteiger partial charge in [0, 0.05) is 29.6 Å². The van der Waals surface area contributed by atoms with Crippen molar-refractivity contribution in [3.63, 3.8) is 0 Å². The number of rotatable bonds is 6. The standard InChI is InChI=1S/C12H22N4S/c1-6-13-11-15-9(2)7-10(16-11)14-8-12(3,4)17-5/h7H,6,8H2,1-5H3,(H2,13,14,15,16). The molecule has 1 aromatic rings. The van der Waals surface area contributed by atoms with Crippen molar-refractivity contribution in [1.29, 1.82) is 0 Å². The number of hydrogen-bond acceptors (Lipinski definition) is 5. The summed E-state index contributed by atoms with van der Waals surface area (Å²) in [5.74, 6) is 1.58. The minimum absolute atomic E-state index is 0.206. The zero-order valence-electron chi connectivity index (χ0n) is 11.3. The first-order chi connectivity index (χ1) is 7.96. The van der Waals surface area contributed by atoms with E-state index >= 15 is 0 Å². The number of aryl methyl sites for hydroxylation is 1. The molecule has 0 amide bonds. The third-order valence-electron chi connectivity index (χ3n) is 2.44. The van der Waals surface area contributed by atoms with Crippen LogP contribution in [-0.2, 0) is 0 Å². The van der Waals surface area contributed by atoms with Crippen molar-refractivity contribution in [2.75, 3.05) is 30.0 Å². The molecule has 0 radical (unpaired) electrons. The van der Waals surface area contributed by atoms with Gasteiger partial charge < -0.3 is 10.6 Å². The van der Waals surface area contributed by atoms with Crippen LogP contribution in [0.4, 0.5) is 11.8 Å². The predicted octanol–water partition coefficient (Wildman–Crippen LogP) is 2.77. The topological polar surface area (TPSA) is 49.8 Å². The largest absolute Gasteiger partial charge is 0.369 e. The molecule has 0 fully saturated rings. The minimum Gasteiger partial charge on any atom is -0.369 e. The van der Waals surface area contributed by atoms with Crippen molar-refractivity contribution >= 4 is 23.5 Å². The van der Waals surface area contributed by atoms with E-state index in [9.17, 15) is 0 Å². The van der Waals surface area contributed by atoms with E-state index in [2.05, 4.69) is 40.7 Å². The molecule has 0 aliphatic heterocycles. The van der Waals surface area contributed by atoms with E-state index < -0.39 is 0 Å². The Hall–Kier alpha value is -0.970. The summed E-state index contributed by atoms with van der Waals surface area (Å²) in [6, 6.07) is 1.97. The molecule has 0 unspecified atom stereocenters. The second-order valence-electron chi connectivity index (χ2n) is 4.57. The highest BCUT2D eigenvalue weighted by Gasteiger charge is 2.15. The van der Waals surface area contributed by atoms with Gasteiger partial charge in [-0.25, -0.2) is 4.98 Å². The molecule has 0 spiro atoms. The molecule has 96 valence electrons. The lowest BCUT2D eigenvalue weighted by molar-refractivity contribution is 0.749. The van der Waals surface area contributed by atoms with E-state index in [0.29, 0.717) is 5.95 Å². The zero-order chi connectivity index (χ0) is 12.9. The highest BCUT2D eigenvalue weighted by Crippen LogP contribution is 2.21. The quantitative estimate of drug-likeness (QED) is 0.817. The van der Waals surface area contributed by atoms with Crippen LogP contribution in [0.5, 0.6) is 0 Å². The summed E-state index contributed by atoms with van der Waals surface area (Å²) in [7, 11) is 0. The van der Waals surface area contributed by atoms with Crippen LogP contribution in [0.25, 0.3) is 0 Å². The third-order valence-corrected chi connectivity index (χ3v) is 3.69. The van der Waals surface area contributed by atoms with Crippen molar-refractivity contribution in [2.45, 2.75) is 32.4 Å². The van der Waals surface area contributed by atoms with Gasteiger partial charge in [-0.3, -0.25) is 0 Å². The molecule has 1 aromatic heterocycles. The van der Waals surface area contributed by atoms with Gasteiger partial charge in [0.2, 0.25) is 5.95 Å². The van der Waals surface area contributed by atoms with Gasteiger partial charge in [0.1, 0.15) is 5.82 Å². The molecule has 1 rings (SSSR count). The van der Waals surface area contributed by atoms with Crippen LogP contribution in [0.2, 0.25) is 0 Å². The van der Waals surface area contributed by atoms with Crippen LogP contribution < -0.4 is 10.6 Å². The lowest BCUT2D eigenvalue weighted by atomic mass is 10.2. The first-order valence-corrected chi connectivity index (χ1v) is 7.08. The normalized spacial score (nSPS) is 11.4. The fourth-order valence-corrected chi connectivity index (χ4v) is 1.49. The molecular weight excluding hydrogens is 232 g/mol. The number of thioether (sulfide) groups is 1. The number of hydrogen-bond donors (Lipinski definition) is 2. The average molecular weight is 254 g/mol. The number of nitrogens with one attached hydrogen (secondary N) is 2. The molecular formula is C12H22N4S. The average Bonchev–Trinajstić information content (AvgIpc) is 2.26. The fourth-order valence-electron chi connectivity index (χ4n) is 1.27. The van der Waals surface area contributed by atoms with Gasteiger partial charge in [0.05, 0.1) is 0 Å². The molecule has 5 heteroatoms. The number of aromatic nitrogens is 2. The highest BCUT2D eigenvalue weighted by molar-refractivity contribution is 7.99. The molecule has 17 heavy (non-hydrogen) atoms. The van der Waals surface area contributed by atoms with Crippen LogP contribution in [0.3, 0.4) is 0 Å². The minimum atomic E-state index is 0.206. The summed E-state index contributed by atoms with van der Waals surface area (Å²) < 4.78 is 0.206. The molecule has 0 bridgehead atoms. The summed E-state index contributed by atoms with van der Waals surface area (Å²) in [5, 5.41) is 6.50. The second-order valence-corrected chi connectivity index (χ2v) is 6.08. The summed E-state index contributed by atoms with van der Waals surface area (Å²) in [6.07, 6.45) is 2.12. The molecule has 0 aliphatic carbocycles. The summed E-state index contributed by atoms with van der Waals surface area (Å²) in [5.41, 5.74) is 0.973. The van der Waals surface area contributed by atoms with Crippen LogP contribution >= 0.6 is 11.8 Å². The van der Waals surface area contributed by atoms with Gasteiger partial charge >= 0.3 is 0 Å². The van der Waals surface area contributed by atoms with Gasteiger partial charge in [-0.2, -0.15) is 16.7 Å². The summed E-state index contributed by atoms with van der Waals surface area (Å²) in [4.78, 5) is 8.74. The first kappa shape index (κ1) is 14.1. The molecule has 0 aliphatic rings. The molecule has 0 aromatic carbocycles. The van der Waals surface area contributed by atoms with E-state index in [-0.39, 0.29) is 4.75 Å². The molecule has 0 atom stereocenters. The Morgan fingerprint density at radius 1 is 1.29 bits per heavy atom. The maximum absolute atomic E-state index is 4.42. The van der Waals surface area contributed by atoms with E-state index in [1.807, 2.05) is 31.7 Å². The lowest BCUT2D eigenvalue weighted by Gasteiger charge is -2.22. The van der Waals surface area contributed by atoms with Crippen LogP contribution in [0.15, 0.2) is 6.07 Å².